The summed E-state index contributed by atoms with van der Waals surface area (Å²) in [5.41, 5.74) is 1.18. The predicted molar refractivity (Wildman–Crippen MR) is 100 cm³/mol. The van der Waals surface area contributed by atoms with E-state index in [-0.39, 0.29) is 24.4 Å². The van der Waals surface area contributed by atoms with E-state index in [1.165, 1.54) is 11.8 Å². The van der Waals surface area contributed by atoms with Gasteiger partial charge in [-0.3, -0.25) is 14.4 Å². The number of benzene rings is 1. The highest BCUT2D eigenvalue weighted by Gasteiger charge is 2.28. The lowest BCUT2D eigenvalue weighted by atomic mass is 10.1. The van der Waals surface area contributed by atoms with Crippen molar-refractivity contribution in [3.8, 4) is 0 Å². The van der Waals surface area contributed by atoms with Crippen molar-refractivity contribution in [2.45, 2.75) is 32.2 Å². The number of rotatable bonds is 4. The summed E-state index contributed by atoms with van der Waals surface area (Å²) in [4.78, 5) is 43.3. The molecule has 0 bridgehead atoms. The molecule has 1 unspecified atom stereocenters. The van der Waals surface area contributed by atoms with Crippen molar-refractivity contribution in [1.29, 1.82) is 0 Å². The minimum Gasteiger partial charge on any atom is -0.480 e. The van der Waals surface area contributed by atoms with Crippen molar-refractivity contribution in [1.82, 2.24) is 14.8 Å². The van der Waals surface area contributed by atoms with Gasteiger partial charge in [-0.2, -0.15) is 0 Å². The molecule has 0 spiro atoms. The quantitative estimate of drug-likeness (QED) is 0.892. The van der Waals surface area contributed by atoms with E-state index in [1.54, 1.807) is 11.0 Å². The maximum absolute atomic E-state index is 12.9. The monoisotopic (exact) mass is 369 g/mol. The number of amides is 2. The molecule has 1 aliphatic rings. The Hall–Kier alpha value is -2.96. The molecule has 1 saturated heterocycles. The SMILES string of the molecule is CC(=O)N(CC(=O)O)C1CCCN(C(=O)c2ccc3ccccc3n2)CC1. The van der Waals surface area contributed by atoms with Gasteiger partial charge in [0.2, 0.25) is 5.91 Å². The van der Waals surface area contributed by atoms with Gasteiger partial charge < -0.3 is 14.9 Å². The molecule has 1 fully saturated rings. The molecule has 27 heavy (non-hydrogen) atoms. The molecule has 7 nitrogen and oxygen atoms in total. The van der Waals surface area contributed by atoms with E-state index in [2.05, 4.69) is 4.98 Å². The van der Waals surface area contributed by atoms with Crippen LogP contribution in [0.1, 0.15) is 36.7 Å². The zero-order chi connectivity index (χ0) is 19.4. The molecule has 1 aromatic carbocycles. The normalized spacial score (nSPS) is 17.4. The molecule has 0 aliphatic carbocycles. The summed E-state index contributed by atoms with van der Waals surface area (Å²) in [5, 5.41) is 10.0. The summed E-state index contributed by atoms with van der Waals surface area (Å²) in [6.07, 6.45) is 1.96. The average Bonchev–Trinajstić information content (AvgIpc) is 2.91. The highest BCUT2D eigenvalue weighted by molar-refractivity contribution is 5.95. The Morgan fingerprint density at radius 3 is 2.67 bits per heavy atom. The van der Waals surface area contributed by atoms with Crippen LogP contribution in [0.5, 0.6) is 0 Å². The number of pyridine rings is 1. The number of aromatic nitrogens is 1. The lowest BCUT2D eigenvalue weighted by molar-refractivity contribution is -0.145. The highest BCUT2D eigenvalue weighted by atomic mass is 16.4. The Balaban J connectivity index is 1.71. The van der Waals surface area contributed by atoms with Crippen molar-refractivity contribution < 1.29 is 19.5 Å². The number of hydrogen-bond donors (Lipinski definition) is 1. The largest absolute Gasteiger partial charge is 0.480 e. The van der Waals surface area contributed by atoms with Gasteiger partial charge in [0.25, 0.3) is 5.91 Å². The van der Waals surface area contributed by atoms with Gasteiger partial charge in [0.05, 0.1) is 5.52 Å². The molecule has 2 amide bonds. The Kier molecular flexibility index (Phi) is 5.69. The first-order chi connectivity index (χ1) is 13.0. The number of carboxylic acid groups (broad SMARTS) is 1. The maximum atomic E-state index is 12.9. The third-order valence-electron chi connectivity index (χ3n) is 4.95. The second-order valence-electron chi connectivity index (χ2n) is 6.81. The van der Waals surface area contributed by atoms with E-state index in [4.69, 9.17) is 5.11 Å². The van der Waals surface area contributed by atoms with Crippen LogP contribution < -0.4 is 0 Å². The zero-order valence-electron chi connectivity index (χ0n) is 15.3. The number of hydrogen-bond acceptors (Lipinski definition) is 4. The summed E-state index contributed by atoms with van der Waals surface area (Å²) < 4.78 is 0. The number of carboxylic acids is 1. The molecule has 1 atom stereocenters. The third kappa shape index (κ3) is 4.42. The fourth-order valence-electron chi connectivity index (χ4n) is 3.58. The lowest BCUT2D eigenvalue weighted by Crippen LogP contribution is -2.43. The number of carbonyl (C=O) groups excluding carboxylic acids is 2. The van der Waals surface area contributed by atoms with Crippen molar-refractivity contribution in [2.24, 2.45) is 0 Å². The van der Waals surface area contributed by atoms with Crippen LogP contribution in [-0.2, 0) is 9.59 Å². The van der Waals surface area contributed by atoms with Gasteiger partial charge in [-0.25, -0.2) is 4.98 Å². The van der Waals surface area contributed by atoms with E-state index in [0.29, 0.717) is 38.0 Å². The molecule has 7 heteroatoms. The lowest BCUT2D eigenvalue weighted by Gasteiger charge is -2.28. The van der Waals surface area contributed by atoms with Gasteiger partial charge in [-0.1, -0.05) is 24.3 Å². The van der Waals surface area contributed by atoms with E-state index >= 15 is 0 Å². The maximum Gasteiger partial charge on any atom is 0.323 e. The number of aliphatic carboxylic acids is 1. The molecule has 1 N–H and O–H groups in total. The van der Waals surface area contributed by atoms with Crippen LogP contribution in [0.4, 0.5) is 0 Å². The van der Waals surface area contributed by atoms with Crippen molar-refractivity contribution in [3.63, 3.8) is 0 Å². The van der Waals surface area contributed by atoms with Crippen LogP contribution in [0.3, 0.4) is 0 Å². The summed E-state index contributed by atoms with van der Waals surface area (Å²) in [6.45, 7) is 2.12. The Morgan fingerprint density at radius 2 is 1.93 bits per heavy atom. The van der Waals surface area contributed by atoms with Gasteiger partial charge in [0, 0.05) is 31.4 Å². The van der Waals surface area contributed by atoms with Crippen LogP contribution in [0.25, 0.3) is 10.9 Å². The van der Waals surface area contributed by atoms with Crippen LogP contribution in [-0.4, -0.2) is 63.4 Å². The molecular weight excluding hydrogens is 346 g/mol. The Labute approximate surface area is 157 Å². The first-order valence-corrected chi connectivity index (χ1v) is 9.10. The van der Waals surface area contributed by atoms with Gasteiger partial charge >= 0.3 is 5.97 Å². The van der Waals surface area contributed by atoms with E-state index in [0.717, 1.165) is 10.9 Å². The first-order valence-electron chi connectivity index (χ1n) is 9.10. The van der Waals surface area contributed by atoms with Crippen molar-refractivity contribution in [2.75, 3.05) is 19.6 Å². The molecule has 2 heterocycles. The number of para-hydroxylation sites is 1. The van der Waals surface area contributed by atoms with Crippen LogP contribution in [0, 0.1) is 0 Å². The Bertz CT molecular complexity index is 867. The smallest absolute Gasteiger partial charge is 0.323 e. The zero-order valence-corrected chi connectivity index (χ0v) is 15.3. The van der Waals surface area contributed by atoms with E-state index in [9.17, 15) is 14.4 Å². The van der Waals surface area contributed by atoms with Gasteiger partial charge in [-0.05, 0) is 31.4 Å². The van der Waals surface area contributed by atoms with Crippen LogP contribution in [0.15, 0.2) is 36.4 Å². The molecule has 2 aromatic rings. The number of likely N-dealkylation sites (tertiary alicyclic amines) is 1. The molecule has 1 aromatic heterocycles. The molecule has 142 valence electrons. The molecule has 1 aliphatic heterocycles. The van der Waals surface area contributed by atoms with E-state index < -0.39 is 5.97 Å². The van der Waals surface area contributed by atoms with Crippen molar-refractivity contribution in [3.05, 3.63) is 42.1 Å². The fourth-order valence-corrected chi connectivity index (χ4v) is 3.58. The summed E-state index contributed by atoms with van der Waals surface area (Å²) >= 11 is 0. The molecule has 0 radical (unpaired) electrons. The molecule has 3 rings (SSSR count). The Morgan fingerprint density at radius 1 is 1.15 bits per heavy atom. The van der Waals surface area contributed by atoms with Gasteiger partial charge in [-0.15, -0.1) is 0 Å². The molecule has 0 saturated carbocycles. The van der Waals surface area contributed by atoms with Crippen LogP contribution >= 0.6 is 0 Å². The minimum atomic E-state index is -1.03. The third-order valence-corrected chi connectivity index (χ3v) is 4.95. The molecular formula is C20H23N3O4. The van der Waals surface area contributed by atoms with Crippen molar-refractivity contribution >= 4 is 28.7 Å². The van der Waals surface area contributed by atoms with Crippen LogP contribution in [0.2, 0.25) is 0 Å². The minimum absolute atomic E-state index is 0.131. The standard InChI is InChI=1S/C20H23N3O4/c1-14(24)23(13-19(25)26)16-6-4-11-22(12-10-16)20(27)18-9-8-15-5-2-3-7-17(15)21-18/h2-3,5,7-9,16H,4,6,10-13H2,1H3,(H,25,26). The summed E-state index contributed by atoms with van der Waals surface area (Å²) in [7, 11) is 0. The number of carbonyl (C=O) groups is 3. The first kappa shape index (κ1) is 18.8. The number of fused-ring (bicyclic) bond motifs is 1. The summed E-state index contributed by atoms with van der Waals surface area (Å²) in [6, 6.07) is 11.1. The number of nitrogens with zero attached hydrogens (tertiary/aromatic N) is 3. The second kappa shape index (κ2) is 8.16. The second-order valence-corrected chi connectivity index (χ2v) is 6.81. The highest BCUT2D eigenvalue weighted by Crippen LogP contribution is 2.19. The van der Waals surface area contributed by atoms with E-state index in [1.807, 2.05) is 30.3 Å². The van der Waals surface area contributed by atoms with Gasteiger partial charge in [0.1, 0.15) is 12.2 Å². The summed E-state index contributed by atoms with van der Waals surface area (Å²) in [5.74, 6) is -1.41. The topological polar surface area (TPSA) is 90.8 Å². The average molecular weight is 369 g/mol. The fraction of sp³-hybridized carbons (Fsp3) is 0.400. The predicted octanol–water partition coefficient (Wildman–Crippen LogP) is 2.16. The van der Waals surface area contributed by atoms with Gasteiger partial charge in [0.15, 0.2) is 0 Å².